The molecule has 4 rings (SSSR count). The molecule has 4 nitrogen and oxygen atoms in total. The van der Waals surface area contributed by atoms with Gasteiger partial charge in [0.15, 0.2) is 0 Å². The molecule has 0 amide bonds. The Balaban J connectivity index is 1.50. The SMILES string of the molecule is c1ccc(CN(Cc2ccc(-n3cccn3)cc2)Cc2ccco2)cc1. The van der Waals surface area contributed by atoms with Crippen LogP contribution in [-0.4, -0.2) is 14.7 Å². The summed E-state index contributed by atoms with van der Waals surface area (Å²) in [6.45, 7) is 2.51. The van der Waals surface area contributed by atoms with E-state index in [1.54, 1.807) is 12.5 Å². The van der Waals surface area contributed by atoms with E-state index in [0.717, 1.165) is 31.1 Å². The molecular formula is C22H21N3O. The second kappa shape index (κ2) is 7.85. The average Bonchev–Trinajstić information content (AvgIpc) is 3.37. The minimum absolute atomic E-state index is 0.781. The monoisotopic (exact) mass is 343 g/mol. The first-order valence-corrected chi connectivity index (χ1v) is 8.74. The summed E-state index contributed by atoms with van der Waals surface area (Å²) in [7, 11) is 0. The lowest BCUT2D eigenvalue weighted by molar-refractivity contribution is 0.227. The van der Waals surface area contributed by atoms with Crippen LogP contribution in [0.2, 0.25) is 0 Å². The van der Waals surface area contributed by atoms with Crippen molar-refractivity contribution in [2.75, 3.05) is 0 Å². The molecule has 0 saturated carbocycles. The summed E-state index contributed by atoms with van der Waals surface area (Å²) < 4.78 is 7.42. The van der Waals surface area contributed by atoms with Crippen molar-refractivity contribution in [3.63, 3.8) is 0 Å². The minimum atomic E-state index is 0.781. The van der Waals surface area contributed by atoms with Gasteiger partial charge in [-0.1, -0.05) is 42.5 Å². The van der Waals surface area contributed by atoms with Gasteiger partial charge < -0.3 is 4.42 Å². The van der Waals surface area contributed by atoms with Gasteiger partial charge in [0.2, 0.25) is 0 Å². The van der Waals surface area contributed by atoms with Gasteiger partial charge in [0.05, 0.1) is 18.5 Å². The van der Waals surface area contributed by atoms with Crippen molar-refractivity contribution >= 4 is 0 Å². The molecule has 4 heteroatoms. The van der Waals surface area contributed by atoms with Crippen LogP contribution < -0.4 is 0 Å². The second-order valence-electron chi connectivity index (χ2n) is 6.33. The highest BCUT2D eigenvalue weighted by molar-refractivity contribution is 5.33. The van der Waals surface area contributed by atoms with E-state index in [1.807, 2.05) is 35.1 Å². The van der Waals surface area contributed by atoms with E-state index in [2.05, 4.69) is 58.5 Å². The quantitative estimate of drug-likeness (QED) is 0.489. The largest absolute Gasteiger partial charge is 0.468 e. The predicted octanol–water partition coefficient (Wildman–Crippen LogP) is 4.67. The number of nitrogens with zero attached hydrogens (tertiary/aromatic N) is 3. The molecule has 0 spiro atoms. The van der Waals surface area contributed by atoms with Crippen LogP contribution in [0.5, 0.6) is 0 Å². The molecule has 0 fully saturated rings. The van der Waals surface area contributed by atoms with Gasteiger partial charge in [-0.05, 0) is 41.5 Å². The Morgan fingerprint density at radius 2 is 1.54 bits per heavy atom. The maximum absolute atomic E-state index is 5.55. The van der Waals surface area contributed by atoms with Crippen LogP contribution in [0, 0.1) is 0 Å². The molecule has 0 N–H and O–H groups in total. The first-order chi connectivity index (χ1) is 12.9. The summed E-state index contributed by atoms with van der Waals surface area (Å²) in [6.07, 6.45) is 5.47. The Bertz CT molecular complexity index is 898. The Hall–Kier alpha value is -3.11. The molecule has 0 aliphatic heterocycles. The molecule has 0 unspecified atom stereocenters. The Morgan fingerprint density at radius 1 is 0.769 bits per heavy atom. The predicted molar refractivity (Wildman–Crippen MR) is 102 cm³/mol. The highest BCUT2D eigenvalue weighted by Crippen LogP contribution is 2.16. The summed E-state index contributed by atoms with van der Waals surface area (Å²) >= 11 is 0. The van der Waals surface area contributed by atoms with E-state index < -0.39 is 0 Å². The molecule has 2 heterocycles. The number of hydrogen-bond acceptors (Lipinski definition) is 3. The fourth-order valence-electron chi connectivity index (χ4n) is 3.07. The Kier molecular flexibility index (Phi) is 4.94. The lowest BCUT2D eigenvalue weighted by Gasteiger charge is -2.21. The molecule has 0 atom stereocenters. The fourth-order valence-corrected chi connectivity index (χ4v) is 3.07. The van der Waals surface area contributed by atoms with E-state index in [9.17, 15) is 0 Å². The summed E-state index contributed by atoms with van der Waals surface area (Å²) in [5, 5.41) is 4.28. The van der Waals surface area contributed by atoms with Gasteiger partial charge in [-0.3, -0.25) is 4.90 Å². The number of hydrogen-bond donors (Lipinski definition) is 0. The zero-order valence-corrected chi connectivity index (χ0v) is 14.5. The van der Waals surface area contributed by atoms with Crippen molar-refractivity contribution in [2.45, 2.75) is 19.6 Å². The zero-order chi connectivity index (χ0) is 17.6. The van der Waals surface area contributed by atoms with E-state index in [1.165, 1.54) is 11.1 Å². The standard InChI is InChI=1S/C22H21N3O/c1-2-6-19(7-3-1)16-24(18-22-8-4-15-26-22)17-20-9-11-21(12-10-20)25-14-5-13-23-25/h1-15H,16-18H2. The van der Waals surface area contributed by atoms with Crippen LogP contribution in [0.15, 0.2) is 95.9 Å². The molecule has 130 valence electrons. The van der Waals surface area contributed by atoms with E-state index >= 15 is 0 Å². The molecule has 2 aromatic heterocycles. The van der Waals surface area contributed by atoms with Crippen molar-refractivity contribution in [3.8, 4) is 5.69 Å². The first kappa shape index (κ1) is 16.4. The van der Waals surface area contributed by atoms with Crippen LogP contribution in [0.3, 0.4) is 0 Å². The fraction of sp³-hybridized carbons (Fsp3) is 0.136. The topological polar surface area (TPSA) is 34.2 Å². The molecule has 0 aliphatic rings. The normalized spacial score (nSPS) is 11.1. The Morgan fingerprint density at radius 3 is 2.19 bits per heavy atom. The maximum atomic E-state index is 5.55. The smallest absolute Gasteiger partial charge is 0.117 e. The maximum Gasteiger partial charge on any atom is 0.117 e. The lowest BCUT2D eigenvalue weighted by atomic mass is 10.1. The number of aromatic nitrogens is 2. The first-order valence-electron chi connectivity index (χ1n) is 8.74. The number of furan rings is 1. The molecule has 26 heavy (non-hydrogen) atoms. The van der Waals surface area contributed by atoms with Gasteiger partial charge in [-0.2, -0.15) is 5.10 Å². The molecule has 0 saturated heterocycles. The average molecular weight is 343 g/mol. The van der Waals surface area contributed by atoms with Crippen LogP contribution in [-0.2, 0) is 19.6 Å². The third-order valence-corrected chi connectivity index (χ3v) is 4.32. The van der Waals surface area contributed by atoms with Crippen LogP contribution in [0.1, 0.15) is 16.9 Å². The number of benzene rings is 2. The van der Waals surface area contributed by atoms with E-state index in [4.69, 9.17) is 4.42 Å². The zero-order valence-electron chi connectivity index (χ0n) is 14.5. The van der Waals surface area contributed by atoms with Gasteiger partial charge in [-0.15, -0.1) is 0 Å². The molecule has 0 aliphatic carbocycles. The van der Waals surface area contributed by atoms with Gasteiger partial charge in [-0.25, -0.2) is 4.68 Å². The summed E-state index contributed by atoms with van der Waals surface area (Å²) in [6, 6.07) is 25.0. The van der Waals surface area contributed by atoms with E-state index in [0.29, 0.717) is 0 Å². The van der Waals surface area contributed by atoms with Crippen molar-refractivity contribution in [2.24, 2.45) is 0 Å². The van der Waals surface area contributed by atoms with Gasteiger partial charge in [0, 0.05) is 25.5 Å². The summed E-state index contributed by atoms with van der Waals surface area (Å²) in [5.74, 6) is 0.981. The molecule has 4 aromatic rings. The Labute approximate surface area is 153 Å². The molecule has 0 radical (unpaired) electrons. The molecule has 0 bridgehead atoms. The second-order valence-corrected chi connectivity index (χ2v) is 6.33. The van der Waals surface area contributed by atoms with Crippen molar-refractivity contribution in [1.82, 2.24) is 14.7 Å². The number of rotatable bonds is 7. The van der Waals surface area contributed by atoms with Crippen molar-refractivity contribution < 1.29 is 4.42 Å². The van der Waals surface area contributed by atoms with Crippen LogP contribution in [0.25, 0.3) is 5.69 Å². The third-order valence-electron chi connectivity index (χ3n) is 4.32. The highest BCUT2D eigenvalue weighted by Gasteiger charge is 2.10. The highest BCUT2D eigenvalue weighted by atomic mass is 16.3. The van der Waals surface area contributed by atoms with Gasteiger partial charge in [0.25, 0.3) is 0 Å². The van der Waals surface area contributed by atoms with Crippen LogP contribution >= 0.6 is 0 Å². The van der Waals surface area contributed by atoms with Crippen molar-refractivity contribution in [3.05, 3.63) is 108 Å². The summed E-state index contributed by atoms with van der Waals surface area (Å²) in [4.78, 5) is 2.39. The van der Waals surface area contributed by atoms with Gasteiger partial charge >= 0.3 is 0 Å². The minimum Gasteiger partial charge on any atom is -0.468 e. The van der Waals surface area contributed by atoms with E-state index in [-0.39, 0.29) is 0 Å². The third kappa shape index (κ3) is 4.10. The summed E-state index contributed by atoms with van der Waals surface area (Å²) in [5.41, 5.74) is 3.63. The van der Waals surface area contributed by atoms with Gasteiger partial charge in [0.1, 0.15) is 5.76 Å². The molecular weight excluding hydrogens is 322 g/mol. The molecule has 2 aromatic carbocycles. The van der Waals surface area contributed by atoms with Crippen molar-refractivity contribution in [1.29, 1.82) is 0 Å². The lowest BCUT2D eigenvalue weighted by Crippen LogP contribution is -2.22. The van der Waals surface area contributed by atoms with Crippen LogP contribution in [0.4, 0.5) is 0 Å².